The molecule has 2 aromatic rings. The van der Waals surface area contributed by atoms with Crippen molar-refractivity contribution >= 4 is 11.3 Å². The van der Waals surface area contributed by atoms with E-state index in [1.165, 1.54) is 5.56 Å². The Labute approximate surface area is 131 Å². The van der Waals surface area contributed by atoms with Crippen molar-refractivity contribution in [1.82, 2.24) is 4.98 Å². The van der Waals surface area contributed by atoms with Gasteiger partial charge < -0.3 is 10.5 Å². The van der Waals surface area contributed by atoms with Crippen LogP contribution >= 0.6 is 11.3 Å². The number of nitrogens with two attached hydrogens (primary N) is 1. The molecular formula is C17H24N2OS. The Morgan fingerprint density at radius 1 is 1.24 bits per heavy atom. The first kappa shape index (κ1) is 16.0. The summed E-state index contributed by atoms with van der Waals surface area (Å²) in [6, 6.07) is 8.27. The highest BCUT2D eigenvalue weighted by Crippen LogP contribution is 2.28. The Balaban J connectivity index is 1.91. The number of aryl methyl sites for hydroxylation is 2. The number of hydrogen-bond acceptors (Lipinski definition) is 4. The summed E-state index contributed by atoms with van der Waals surface area (Å²) < 4.78 is 5.78. The minimum absolute atomic E-state index is 0.323. The van der Waals surface area contributed by atoms with Crippen LogP contribution < -0.4 is 10.5 Å². The van der Waals surface area contributed by atoms with Crippen LogP contribution in [0.25, 0.3) is 0 Å². The maximum atomic E-state index is 6.16. The zero-order chi connectivity index (χ0) is 15.5. The Kier molecular flexibility index (Phi) is 5.01. The lowest BCUT2D eigenvalue weighted by atomic mass is 10.0. The normalized spacial score (nSPS) is 11.7. The fourth-order valence-electron chi connectivity index (χ4n) is 2.23. The van der Waals surface area contributed by atoms with Gasteiger partial charge in [-0.2, -0.15) is 0 Å². The van der Waals surface area contributed by atoms with Gasteiger partial charge in [0.25, 0.3) is 0 Å². The molecule has 2 rings (SSSR count). The zero-order valence-corrected chi connectivity index (χ0v) is 14.1. The molecule has 3 nitrogen and oxygen atoms in total. The largest absolute Gasteiger partial charge is 0.493 e. The Morgan fingerprint density at radius 2 is 1.90 bits per heavy atom. The minimum Gasteiger partial charge on any atom is -0.493 e. The van der Waals surface area contributed by atoms with E-state index in [9.17, 15) is 0 Å². The quantitative estimate of drug-likeness (QED) is 0.882. The van der Waals surface area contributed by atoms with Gasteiger partial charge in [-0.15, -0.1) is 11.3 Å². The standard InChI is InChI=1S/C17H24N2OS/c1-5-13-6-8-14(9-7-13)20-11-10-15-19-12(2)16(21-15)17(3,4)18/h6-9H,5,10-11,18H2,1-4H3. The highest BCUT2D eigenvalue weighted by molar-refractivity contribution is 7.11. The molecule has 1 aromatic heterocycles. The van der Waals surface area contributed by atoms with Gasteiger partial charge in [0.2, 0.25) is 0 Å². The van der Waals surface area contributed by atoms with Gasteiger partial charge in [0.05, 0.1) is 17.3 Å². The summed E-state index contributed by atoms with van der Waals surface area (Å²) in [5.41, 5.74) is 8.20. The van der Waals surface area contributed by atoms with E-state index in [4.69, 9.17) is 10.5 Å². The Bertz CT molecular complexity index is 582. The van der Waals surface area contributed by atoms with Crippen LogP contribution in [0.1, 0.15) is 41.9 Å². The van der Waals surface area contributed by atoms with Crippen LogP contribution in [0.4, 0.5) is 0 Å². The van der Waals surface area contributed by atoms with Crippen LogP contribution in [0, 0.1) is 6.92 Å². The molecule has 0 atom stereocenters. The number of nitrogens with zero attached hydrogens (tertiary/aromatic N) is 1. The first-order valence-corrected chi connectivity index (χ1v) is 8.19. The molecule has 0 bridgehead atoms. The predicted octanol–water partition coefficient (Wildman–Crippen LogP) is 3.83. The average molecular weight is 304 g/mol. The van der Waals surface area contributed by atoms with Crippen LogP contribution in [0.2, 0.25) is 0 Å². The van der Waals surface area contributed by atoms with Gasteiger partial charge in [-0.1, -0.05) is 19.1 Å². The molecule has 0 radical (unpaired) electrons. The summed E-state index contributed by atoms with van der Waals surface area (Å²) >= 11 is 1.69. The summed E-state index contributed by atoms with van der Waals surface area (Å²) in [5, 5.41) is 1.09. The Hall–Kier alpha value is -1.39. The average Bonchev–Trinajstić information content (AvgIpc) is 2.81. The molecule has 0 amide bonds. The number of hydrogen-bond donors (Lipinski definition) is 1. The van der Waals surface area contributed by atoms with Gasteiger partial charge in [0.1, 0.15) is 5.75 Å². The summed E-state index contributed by atoms with van der Waals surface area (Å²) in [6.45, 7) is 8.85. The summed E-state index contributed by atoms with van der Waals surface area (Å²) in [4.78, 5) is 5.75. The second kappa shape index (κ2) is 6.58. The number of rotatable bonds is 6. The van der Waals surface area contributed by atoms with Crippen LogP contribution in [-0.2, 0) is 18.4 Å². The topological polar surface area (TPSA) is 48.1 Å². The van der Waals surface area contributed by atoms with Crippen molar-refractivity contribution in [2.45, 2.75) is 46.1 Å². The second-order valence-electron chi connectivity index (χ2n) is 5.84. The van der Waals surface area contributed by atoms with Crippen LogP contribution in [0.15, 0.2) is 24.3 Å². The molecule has 21 heavy (non-hydrogen) atoms. The van der Waals surface area contributed by atoms with E-state index in [1.807, 2.05) is 32.9 Å². The molecule has 0 unspecified atom stereocenters. The molecule has 0 fully saturated rings. The molecule has 0 aliphatic carbocycles. The van der Waals surface area contributed by atoms with Gasteiger partial charge in [0, 0.05) is 16.8 Å². The SMILES string of the molecule is CCc1ccc(OCCc2nc(C)c(C(C)(C)N)s2)cc1. The van der Waals surface area contributed by atoms with Crippen molar-refractivity contribution in [3.05, 3.63) is 45.4 Å². The van der Waals surface area contributed by atoms with E-state index in [2.05, 4.69) is 24.0 Å². The Morgan fingerprint density at radius 3 is 2.43 bits per heavy atom. The number of thiazole rings is 1. The van der Waals surface area contributed by atoms with E-state index in [-0.39, 0.29) is 5.54 Å². The minimum atomic E-state index is -0.323. The van der Waals surface area contributed by atoms with Crippen LogP contribution in [-0.4, -0.2) is 11.6 Å². The molecule has 0 aliphatic heterocycles. The lowest BCUT2D eigenvalue weighted by Gasteiger charge is -2.16. The number of aromatic nitrogens is 1. The summed E-state index contributed by atoms with van der Waals surface area (Å²) in [6.07, 6.45) is 1.87. The van der Waals surface area contributed by atoms with E-state index in [0.29, 0.717) is 6.61 Å². The molecule has 2 N–H and O–H groups in total. The molecule has 0 aliphatic rings. The van der Waals surface area contributed by atoms with Gasteiger partial charge in [0.15, 0.2) is 0 Å². The van der Waals surface area contributed by atoms with E-state index >= 15 is 0 Å². The molecule has 0 saturated carbocycles. The fraction of sp³-hybridized carbons (Fsp3) is 0.471. The van der Waals surface area contributed by atoms with Crippen LogP contribution in [0.5, 0.6) is 5.75 Å². The van der Waals surface area contributed by atoms with E-state index in [1.54, 1.807) is 11.3 Å². The fourth-order valence-corrected chi connectivity index (χ4v) is 3.29. The third-order valence-electron chi connectivity index (χ3n) is 3.34. The first-order chi connectivity index (χ1) is 9.90. The monoisotopic (exact) mass is 304 g/mol. The third-order valence-corrected chi connectivity index (χ3v) is 4.90. The van der Waals surface area contributed by atoms with Gasteiger partial charge >= 0.3 is 0 Å². The summed E-state index contributed by atoms with van der Waals surface area (Å²) in [7, 11) is 0. The lowest BCUT2D eigenvalue weighted by Crippen LogP contribution is -2.28. The van der Waals surface area contributed by atoms with Crippen molar-refractivity contribution < 1.29 is 4.74 Å². The number of ether oxygens (including phenoxy) is 1. The van der Waals surface area contributed by atoms with Gasteiger partial charge in [-0.3, -0.25) is 0 Å². The molecule has 114 valence electrons. The first-order valence-electron chi connectivity index (χ1n) is 7.37. The maximum Gasteiger partial charge on any atom is 0.119 e. The van der Waals surface area contributed by atoms with Crippen molar-refractivity contribution in [2.75, 3.05) is 6.61 Å². The van der Waals surface area contributed by atoms with Crippen LogP contribution in [0.3, 0.4) is 0 Å². The van der Waals surface area contributed by atoms with Gasteiger partial charge in [-0.05, 0) is 44.9 Å². The highest BCUT2D eigenvalue weighted by atomic mass is 32.1. The van der Waals surface area contributed by atoms with E-state index < -0.39 is 0 Å². The lowest BCUT2D eigenvalue weighted by molar-refractivity contribution is 0.321. The van der Waals surface area contributed by atoms with Crippen molar-refractivity contribution in [3.8, 4) is 5.75 Å². The van der Waals surface area contributed by atoms with Gasteiger partial charge in [-0.25, -0.2) is 4.98 Å². The predicted molar refractivity (Wildman–Crippen MR) is 89.1 cm³/mol. The smallest absolute Gasteiger partial charge is 0.119 e. The summed E-state index contributed by atoms with van der Waals surface area (Å²) in [5.74, 6) is 0.917. The van der Waals surface area contributed by atoms with Crippen molar-refractivity contribution in [2.24, 2.45) is 5.73 Å². The third kappa shape index (κ3) is 4.29. The maximum absolute atomic E-state index is 6.16. The van der Waals surface area contributed by atoms with E-state index in [0.717, 1.165) is 34.2 Å². The highest BCUT2D eigenvalue weighted by Gasteiger charge is 2.21. The zero-order valence-electron chi connectivity index (χ0n) is 13.3. The number of benzene rings is 1. The molecule has 0 spiro atoms. The molecule has 1 heterocycles. The van der Waals surface area contributed by atoms with Crippen molar-refractivity contribution in [1.29, 1.82) is 0 Å². The molecule has 0 saturated heterocycles. The molecule has 1 aromatic carbocycles. The second-order valence-corrected chi connectivity index (χ2v) is 6.92. The molecule has 4 heteroatoms. The molecular weight excluding hydrogens is 280 g/mol. The van der Waals surface area contributed by atoms with Crippen molar-refractivity contribution in [3.63, 3.8) is 0 Å².